The molecule has 5 aromatic rings. The van der Waals surface area contributed by atoms with Crippen LogP contribution in [0.2, 0.25) is 4.34 Å². The van der Waals surface area contributed by atoms with E-state index in [4.69, 9.17) is 26.9 Å². The van der Waals surface area contributed by atoms with Gasteiger partial charge in [-0.2, -0.15) is 11.8 Å². The second-order valence-corrected chi connectivity index (χ2v) is 20.7. The quantitative estimate of drug-likeness (QED) is 0.0254. The van der Waals surface area contributed by atoms with Gasteiger partial charge in [-0.15, -0.1) is 22.0 Å². The number of nitrogens with one attached hydrogen (secondary N) is 2. The number of fused-ring (bicyclic) bond motifs is 1. The molecule has 15 nitrogen and oxygen atoms in total. The van der Waals surface area contributed by atoms with E-state index in [1.807, 2.05) is 91.0 Å². The molecule has 0 unspecified atom stereocenters. The van der Waals surface area contributed by atoms with Crippen molar-refractivity contribution in [2.75, 3.05) is 23.8 Å². The van der Waals surface area contributed by atoms with Gasteiger partial charge in [0.05, 0.1) is 0 Å². The summed E-state index contributed by atoms with van der Waals surface area (Å²) in [4.78, 5) is 65.3. The van der Waals surface area contributed by atoms with Gasteiger partial charge in [-0.1, -0.05) is 142 Å². The number of carbonyl (C=O) groups is 4. The van der Waals surface area contributed by atoms with Crippen LogP contribution in [0.5, 0.6) is 0 Å². The van der Waals surface area contributed by atoms with Crippen molar-refractivity contribution in [2.45, 2.75) is 53.5 Å². The normalized spacial score (nSPS) is 16.6. The first-order valence-electron chi connectivity index (χ1n) is 18.9. The number of anilines is 1. The van der Waals surface area contributed by atoms with Gasteiger partial charge in [0.15, 0.2) is 15.2 Å². The number of thiazole rings is 1. The van der Waals surface area contributed by atoms with E-state index in [1.54, 1.807) is 32.5 Å². The first kappa shape index (κ1) is 44.9. The number of nitrogens with two attached hydrogens (primary N) is 1. The van der Waals surface area contributed by atoms with Crippen LogP contribution in [0.25, 0.3) is 0 Å². The van der Waals surface area contributed by atoms with E-state index in [9.17, 15) is 24.3 Å². The number of thioether (sulfide) groups is 3. The fourth-order valence-electron chi connectivity index (χ4n) is 6.47. The highest BCUT2D eigenvalue weighted by molar-refractivity contribution is 8.07. The number of oxime groups is 1. The van der Waals surface area contributed by atoms with Crippen molar-refractivity contribution < 1.29 is 33.9 Å². The summed E-state index contributed by atoms with van der Waals surface area (Å²) in [6.45, 7) is 5.79. The lowest BCUT2D eigenvalue weighted by Gasteiger charge is -2.49. The van der Waals surface area contributed by atoms with E-state index in [-0.39, 0.29) is 32.3 Å². The predicted molar refractivity (Wildman–Crippen MR) is 244 cm³/mol. The number of rotatable bonds is 16. The summed E-state index contributed by atoms with van der Waals surface area (Å²) >= 11 is 12.8. The number of ether oxygens (including phenoxy) is 1. The predicted octanol–water partition coefficient (Wildman–Crippen LogP) is 7.19. The molecule has 0 saturated carbocycles. The Bertz CT molecular complexity index is 2400. The fourth-order valence-corrected chi connectivity index (χ4v) is 11.8. The zero-order valence-corrected chi connectivity index (χ0v) is 38.1. The molecule has 2 aliphatic rings. The Morgan fingerprint density at radius 1 is 0.968 bits per heavy atom. The van der Waals surface area contributed by atoms with Crippen LogP contribution in [0.1, 0.15) is 48.2 Å². The van der Waals surface area contributed by atoms with Crippen molar-refractivity contribution in [1.82, 2.24) is 30.7 Å². The van der Waals surface area contributed by atoms with Crippen molar-refractivity contribution in [1.29, 1.82) is 0 Å². The molecule has 0 bridgehead atoms. The molecule has 1 saturated heterocycles. The van der Waals surface area contributed by atoms with E-state index in [0.29, 0.717) is 49.0 Å². The molecule has 0 spiro atoms. The van der Waals surface area contributed by atoms with Crippen molar-refractivity contribution in [3.63, 3.8) is 0 Å². The van der Waals surface area contributed by atoms with Gasteiger partial charge in [0.1, 0.15) is 37.8 Å². The van der Waals surface area contributed by atoms with Crippen LogP contribution in [-0.4, -0.2) is 89.8 Å². The van der Waals surface area contributed by atoms with Gasteiger partial charge in [0.25, 0.3) is 11.8 Å². The van der Waals surface area contributed by atoms with Crippen LogP contribution in [0, 0.1) is 0 Å². The molecular formula is C41H39ClN8O7S5. The average Bonchev–Trinajstić information content (AvgIpc) is 3.85. The number of alkyl carbamates (subject to hydrolysis) is 1. The highest BCUT2D eigenvalue weighted by Crippen LogP contribution is 2.46. The van der Waals surface area contributed by atoms with E-state index in [2.05, 4.69) is 31.0 Å². The van der Waals surface area contributed by atoms with Gasteiger partial charge in [0.2, 0.25) is 5.60 Å². The number of β-lactam (4-membered cyclic amide) rings is 1. The lowest BCUT2D eigenvalue weighted by atomic mass is 9.80. The SMILES string of the molecule is CC(C)(C)OC(=O)NCCSCc1nnc(SC2=C(C(=O)O)N3C(=O)[C@@H](NC(=O)/C(=N\OC(c4ccccc4)(c4ccccc4)c4ccccc4)c4nc(N)sc4Cl)[C@@H]3SC2)s1. The van der Waals surface area contributed by atoms with Crippen LogP contribution in [0.15, 0.2) is 111 Å². The number of hydrogen-bond donors (Lipinski definition) is 4. The molecule has 2 aromatic heterocycles. The standard InChI is InChI=1S/C41H39ClN8O7S5/c1-40(2,3)56-38(55)44-19-20-58-22-27-47-48-39(61-27)60-26-21-59-35-30(34(52)50(35)31(26)36(53)54)45-33(51)29(28-32(42)62-37(43)46-28)49-57-41(23-13-7-4-8-14-23,24-15-9-5-10-16-24)25-17-11-6-12-18-25/h4-18,30,35H,19-22H2,1-3H3,(H2,43,46)(H,44,55)(H,45,51)(H,53,54)/b49-29-/t30-,35+/m1/s1. The molecule has 4 heterocycles. The van der Waals surface area contributed by atoms with Gasteiger partial charge in [-0.3, -0.25) is 14.5 Å². The zero-order valence-electron chi connectivity index (χ0n) is 33.3. The van der Waals surface area contributed by atoms with Crippen molar-refractivity contribution in [3.05, 3.63) is 133 Å². The van der Waals surface area contributed by atoms with Crippen LogP contribution in [-0.2, 0) is 35.3 Å². The number of aliphatic carboxylic acids is 1. The number of benzene rings is 3. The number of amides is 3. The molecule has 1 fully saturated rings. The Morgan fingerprint density at radius 3 is 2.13 bits per heavy atom. The molecule has 0 aliphatic carbocycles. The Balaban J connectivity index is 1.09. The van der Waals surface area contributed by atoms with E-state index in [0.717, 1.165) is 23.1 Å². The maximum atomic E-state index is 14.4. The Morgan fingerprint density at radius 2 is 1.58 bits per heavy atom. The summed E-state index contributed by atoms with van der Waals surface area (Å²) in [6, 6.07) is 27.1. The van der Waals surface area contributed by atoms with Crippen molar-refractivity contribution in [3.8, 4) is 0 Å². The number of carboxylic acids is 1. The fraction of sp³-hybridized carbons (Fsp3) is 0.268. The Kier molecular flexibility index (Phi) is 14.1. The summed E-state index contributed by atoms with van der Waals surface area (Å²) in [5.74, 6) is -1.39. The number of carbonyl (C=O) groups excluding carboxylic acids is 3. The summed E-state index contributed by atoms with van der Waals surface area (Å²) in [5, 5.41) is 28.9. The molecule has 3 aromatic carbocycles. The number of hydrogen-bond acceptors (Lipinski definition) is 16. The third-order valence-corrected chi connectivity index (χ3v) is 14.8. The molecule has 62 heavy (non-hydrogen) atoms. The van der Waals surface area contributed by atoms with Crippen LogP contribution in [0.3, 0.4) is 0 Å². The minimum atomic E-state index is -1.37. The summed E-state index contributed by atoms with van der Waals surface area (Å²) < 4.78 is 5.83. The smallest absolute Gasteiger partial charge is 0.407 e. The second-order valence-electron chi connectivity index (χ2n) is 14.5. The van der Waals surface area contributed by atoms with Crippen molar-refractivity contribution >= 4 is 104 Å². The molecule has 2 aliphatic heterocycles. The molecule has 2 atom stereocenters. The summed E-state index contributed by atoms with van der Waals surface area (Å²) in [6.07, 6.45) is -0.486. The van der Waals surface area contributed by atoms with Crippen LogP contribution in [0.4, 0.5) is 9.93 Å². The molecule has 0 radical (unpaired) electrons. The number of aromatic nitrogens is 3. The monoisotopic (exact) mass is 950 g/mol. The van der Waals surface area contributed by atoms with E-state index in [1.165, 1.54) is 28.0 Å². The molecule has 5 N–H and O–H groups in total. The van der Waals surface area contributed by atoms with Gasteiger partial charge >= 0.3 is 12.1 Å². The molecule has 7 rings (SSSR count). The Labute approximate surface area is 382 Å². The highest BCUT2D eigenvalue weighted by atomic mass is 35.5. The highest BCUT2D eigenvalue weighted by Gasteiger charge is 2.55. The topological polar surface area (TPSA) is 211 Å². The van der Waals surface area contributed by atoms with Crippen molar-refractivity contribution in [2.24, 2.45) is 5.16 Å². The summed E-state index contributed by atoms with van der Waals surface area (Å²) in [7, 11) is 0. The maximum Gasteiger partial charge on any atom is 0.407 e. The minimum Gasteiger partial charge on any atom is -0.477 e. The third-order valence-electron chi connectivity index (χ3n) is 9.08. The third kappa shape index (κ3) is 10.1. The first-order chi connectivity index (χ1) is 29.7. The molecular weight excluding hydrogens is 912 g/mol. The lowest BCUT2D eigenvalue weighted by molar-refractivity contribution is -0.150. The van der Waals surface area contributed by atoms with Crippen LogP contribution < -0.4 is 16.4 Å². The van der Waals surface area contributed by atoms with E-state index < -0.39 is 46.5 Å². The Hall–Kier alpha value is -5.12. The van der Waals surface area contributed by atoms with E-state index >= 15 is 0 Å². The summed E-state index contributed by atoms with van der Waals surface area (Å²) in [5.41, 5.74) is 5.64. The van der Waals surface area contributed by atoms with Gasteiger partial charge in [0, 0.05) is 45.4 Å². The lowest BCUT2D eigenvalue weighted by Crippen LogP contribution is -2.71. The molecule has 3 amide bonds. The molecule has 322 valence electrons. The number of carboxylic acid groups (broad SMARTS) is 1. The largest absolute Gasteiger partial charge is 0.477 e. The minimum absolute atomic E-state index is 0.0493. The van der Waals surface area contributed by atoms with Gasteiger partial charge in [-0.05, 0) is 20.8 Å². The second kappa shape index (κ2) is 19.5. The first-order valence-corrected chi connectivity index (χ1v) is 23.9. The maximum absolute atomic E-state index is 14.4. The number of halogens is 1. The molecule has 21 heteroatoms. The zero-order chi connectivity index (χ0) is 44.0. The van der Waals surface area contributed by atoms with Crippen LogP contribution >= 0.6 is 69.6 Å². The number of nitrogens with zero attached hydrogens (tertiary/aromatic N) is 5. The average molecular weight is 952 g/mol. The van der Waals surface area contributed by atoms with Gasteiger partial charge < -0.3 is 31.0 Å². The number of nitrogen functional groups attached to an aromatic ring is 1. The van der Waals surface area contributed by atoms with Gasteiger partial charge in [-0.25, -0.2) is 14.6 Å².